The number of hydrogen-bond donors (Lipinski definition) is 0. The van der Waals surface area contributed by atoms with Gasteiger partial charge in [0, 0.05) is 0 Å². The quantitative estimate of drug-likeness (QED) is 0.340. The Bertz CT molecular complexity index is 271. The Labute approximate surface area is 70.1 Å². The van der Waals surface area contributed by atoms with Crippen LogP contribution in [0, 0.1) is 23.3 Å². The average Bonchev–Trinajstić information content (AvgIpc) is 1.97. The Hall–Kier alpha value is -0.424. The summed E-state index contributed by atoms with van der Waals surface area (Å²) in [5.41, 5.74) is 0. The molecule has 0 fully saturated rings. The Balaban J connectivity index is 3.46. The van der Waals surface area contributed by atoms with Gasteiger partial charge in [-0.25, -0.2) is 0 Å². The molecule has 0 unspecified atom stereocenters. The van der Waals surface area contributed by atoms with E-state index >= 15 is 0 Å². The van der Waals surface area contributed by atoms with E-state index in [1.165, 1.54) is 0 Å². The van der Waals surface area contributed by atoms with Crippen molar-refractivity contribution < 1.29 is 17.6 Å². The molecule has 0 heterocycles. The van der Waals surface area contributed by atoms with Crippen LogP contribution in [0.1, 0.15) is 0 Å². The molecule has 0 N–H and O–H groups in total. The molecule has 0 aliphatic carbocycles. The van der Waals surface area contributed by atoms with E-state index in [0.29, 0.717) is 0 Å². The Kier molecular flexibility index (Phi) is 2.29. The monoisotopic (exact) mass is 220 g/mol. The van der Waals surface area contributed by atoms with Crippen molar-refractivity contribution in [3.8, 4) is 0 Å². The summed E-state index contributed by atoms with van der Waals surface area (Å²) in [5, 5.41) is 0. The van der Waals surface area contributed by atoms with Gasteiger partial charge >= 0.3 is 69.6 Å². The van der Waals surface area contributed by atoms with Crippen LogP contribution in [-0.2, 0) is 0 Å². The third-order valence-electron chi connectivity index (χ3n) is 1.33. The molecule has 58 valence electrons. The zero-order valence-corrected chi connectivity index (χ0v) is 9.79. The van der Waals surface area contributed by atoms with E-state index in [-0.39, 0.29) is 6.07 Å². The van der Waals surface area contributed by atoms with E-state index in [4.69, 9.17) is 0 Å². The topological polar surface area (TPSA) is 0 Å². The van der Waals surface area contributed by atoms with E-state index in [2.05, 4.69) is 0 Å². The molecule has 1 aromatic carbocycles. The van der Waals surface area contributed by atoms with Gasteiger partial charge in [0.05, 0.1) is 0 Å². The molecule has 0 nitrogen and oxygen atoms in total. The fraction of sp³-hybridized carbons (Fsp3) is 0. The molecule has 0 aromatic heterocycles. The zero-order valence-electron chi connectivity index (χ0n) is 5.59. The first-order chi connectivity index (χ1) is 5.04. The molecule has 0 spiro atoms. The van der Waals surface area contributed by atoms with Crippen molar-refractivity contribution in [3.63, 3.8) is 0 Å². The summed E-state index contributed by atoms with van der Waals surface area (Å²) < 4.78 is 49.0. The van der Waals surface area contributed by atoms with Crippen molar-refractivity contribution in [2.45, 2.75) is 0 Å². The zero-order chi connectivity index (χ0) is 8.59. The number of halogens is 4. The summed E-state index contributed by atoms with van der Waals surface area (Å²) in [7, 11) is 0. The summed E-state index contributed by atoms with van der Waals surface area (Å²) in [4.78, 5) is 0. The van der Waals surface area contributed by atoms with Gasteiger partial charge in [-0.05, 0) is 0 Å². The molecule has 0 aliphatic rings. The maximum absolute atomic E-state index is 12.4. The van der Waals surface area contributed by atoms with Gasteiger partial charge in [-0.1, -0.05) is 0 Å². The van der Waals surface area contributed by atoms with Gasteiger partial charge in [-0.2, -0.15) is 0 Å². The van der Waals surface area contributed by atoms with Crippen LogP contribution in [0.5, 0.6) is 0 Å². The second-order valence-corrected chi connectivity index (χ2v) is 4.19. The molecule has 0 radical (unpaired) electrons. The summed E-state index contributed by atoms with van der Waals surface area (Å²) in [6, 6.07) is 0.208. The van der Waals surface area contributed by atoms with E-state index in [0.717, 1.165) is 0 Å². The third-order valence-corrected chi connectivity index (χ3v) is 3.17. The fourth-order valence-electron chi connectivity index (χ4n) is 0.693. The molecule has 0 aliphatic heterocycles. The van der Waals surface area contributed by atoms with Crippen molar-refractivity contribution in [3.05, 3.63) is 29.3 Å². The second-order valence-electron chi connectivity index (χ2n) is 2.09. The predicted molar refractivity (Wildman–Crippen MR) is 34.5 cm³/mol. The van der Waals surface area contributed by atoms with Crippen LogP contribution in [-0.4, -0.2) is 18.6 Å². The number of benzene rings is 1. The molecular formula is C6H3F4Ga. The fourth-order valence-corrected chi connectivity index (χ4v) is 1.69. The molecule has 0 saturated heterocycles. The molecule has 0 atom stereocenters. The van der Waals surface area contributed by atoms with E-state index < -0.39 is 46.0 Å². The van der Waals surface area contributed by atoms with Crippen molar-refractivity contribution in [1.82, 2.24) is 0 Å². The van der Waals surface area contributed by atoms with Crippen molar-refractivity contribution in [2.75, 3.05) is 0 Å². The molecule has 1 rings (SSSR count). The standard InChI is InChI=1S/C6HF4.Ga.2H/c7-3-1-4(8)6(10)2-5(3)9;;;/h1H;;;. The van der Waals surface area contributed by atoms with Gasteiger partial charge in [0.2, 0.25) is 0 Å². The first-order valence-corrected chi connectivity index (χ1v) is 4.93. The Morgan fingerprint density at radius 1 is 0.909 bits per heavy atom. The summed E-state index contributed by atoms with van der Waals surface area (Å²) in [5.74, 6) is -5.17. The first kappa shape index (κ1) is 8.67. The van der Waals surface area contributed by atoms with E-state index in [1.807, 2.05) is 0 Å². The molecule has 0 bridgehead atoms. The summed E-state index contributed by atoms with van der Waals surface area (Å²) in [6.45, 7) is 0. The Morgan fingerprint density at radius 2 is 1.27 bits per heavy atom. The van der Waals surface area contributed by atoms with Crippen molar-refractivity contribution in [1.29, 1.82) is 0 Å². The van der Waals surface area contributed by atoms with Crippen LogP contribution in [0.3, 0.4) is 0 Å². The van der Waals surface area contributed by atoms with Crippen LogP contribution in [0.4, 0.5) is 17.6 Å². The van der Waals surface area contributed by atoms with Crippen molar-refractivity contribution in [2.24, 2.45) is 0 Å². The minimum atomic E-state index is -1.33. The molecule has 0 amide bonds. The normalized spacial score (nSPS) is 10.2. The van der Waals surface area contributed by atoms with Gasteiger partial charge < -0.3 is 0 Å². The predicted octanol–water partition coefficient (Wildman–Crippen LogP) is 0.501. The first-order valence-electron chi connectivity index (χ1n) is 2.83. The van der Waals surface area contributed by atoms with Crippen LogP contribution in [0.15, 0.2) is 6.07 Å². The molecule has 1 aromatic rings. The number of hydrogen-bond acceptors (Lipinski definition) is 0. The van der Waals surface area contributed by atoms with E-state index in [1.54, 1.807) is 0 Å². The van der Waals surface area contributed by atoms with Crippen LogP contribution >= 0.6 is 0 Å². The van der Waals surface area contributed by atoms with Crippen LogP contribution in [0.25, 0.3) is 0 Å². The van der Waals surface area contributed by atoms with Gasteiger partial charge in [-0.15, -0.1) is 0 Å². The van der Waals surface area contributed by atoms with Gasteiger partial charge in [0.1, 0.15) is 0 Å². The van der Waals surface area contributed by atoms with Gasteiger partial charge in [0.15, 0.2) is 0 Å². The van der Waals surface area contributed by atoms with Gasteiger partial charge in [-0.3, -0.25) is 0 Å². The second kappa shape index (κ2) is 2.90. The van der Waals surface area contributed by atoms with Crippen LogP contribution in [0.2, 0.25) is 0 Å². The van der Waals surface area contributed by atoms with Crippen LogP contribution < -0.4 is 4.12 Å². The SMILES string of the molecule is Fc1cc(F)c(F)[c]([GaH2])c1F. The third kappa shape index (κ3) is 1.43. The van der Waals surface area contributed by atoms with E-state index in [9.17, 15) is 17.6 Å². The molecule has 0 saturated carbocycles. The number of rotatable bonds is 0. The summed E-state index contributed by atoms with van der Waals surface area (Å²) in [6.07, 6.45) is 0. The van der Waals surface area contributed by atoms with Crippen molar-refractivity contribution >= 4 is 22.7 Å². The minimum absolute atomic E-state index is 0.208. The Morgan fingerprint density at radius 3 is 1.64 bits per heavy atom. The maximum atomic E-state index is 12.4. The molecule has 5 heteroatoms. The van der Waals surface area contributed by atoms with Gasteiger partial charge in [0.25, 0.3) is 0 Å². The summed E-state index contributed by atoms with van der Waals surface area (Å²) >= 11 is -0.413. The average molecular weight is 221 g/mol. The molecular weight excluding hydrogens is 218 g/mol. The molecule has 11 heavy (non-hydrogen) atoms.